The number of amides is 1. The molecular weight excluding hydrogens is 330 g/mol. The van der Waals surface area contributed by atoms with Crippen LogP contribution in [0.1, 0.15) is 17.3 Å². The Labute approximate surface area is 151 Å². The monoisotopic (exact) mass is 349 g/mol. The topological polar surface area (TPSA) is 64.6 Å². The van der Waals surface area contributed by atoms with Crippen molar-refractivity contribution in [1.29, 1.82) is 0 Å². The Morgan fingerprint density at radius 3 is 2.46 bits per heavy atom. The fraction of sp³-hybridized carbons (Fsp3) is 0.143. The molecule has 0 unspecified atom stereocenters. The van der Waals surface area contributed by atoms with Gasteiger partial charge in [-0.15, -0.1) is 0 Å². The van der Waals surface area contributed by atoms with Gasteiger partial charge >= 0.3 is 5.97 Å². The third-order valence-electron chi connectivity index (χ3n) is 3.95. The maximum atomic E-state index is 12.4. The van der Waals surface area contributed by atoms with Crippen LogP contribution < -0.4 is 10.1 Å². The van der Waals surface area contributed by atoms with Crippen LogP contribution in [-0.4, -0.2) is 25.1 Å². The van der Waals surface area contributed by atoms with E-state index in [0.29, 0.717) is 17.0 Å². The molecule has 1 N–H and O–H groups in total. The van der Waals surface area contributed by atoms with E-state index in [1.807, 2.05) is 42.5 Å². The number of carbonyl (C=O) groups excluding carboxylic acids is 2. The predicted molar refractivity (Wildman–Crippen MR) is 100 cm³/mol. The van der Waals surface area contributed by atoms with E-state index in [1.165, 1.54) is 7.11 Å². The standard InChI is InChI=1S/C21H19NO4/c1-14(26-19-9-5-8-17(13-19)21(24)25-2)20(23)22-18-11-10-15-6-3-4-7-16(15)12-18/h3-14H,1-2H3,(H,22,23)/t14-/m0/s1. The van der Waals surface area contributed by atoms with Crippen molar-refractivity contribution >= 4 is 28.3 Å². The fourth-order valence-electron chi connectivity index (χ4n) is 2.58. The number of methoxy groups -OCH3 is 1. The van der Waals surface area contributed by atoms with Crippen LogP contribution >= 0.6 is 0 Å². The van der Waals surface area contributed by atoms with E-state index < -0.39 is 12.1 Å². The molecule has 0 aliphatic rings. The molecule has 0 saturated heterocycles. The first-order valence-corrected chi connectivity index (χ1v) is 8.21. The van der Waals surface area contributed by atoms with Crippen LogP contribution in [0, 0.1) is 0 Å². The predicted octanol–water partition coefficient (Wildman–Crippen LogP) is 4.03. The molecule has 1 atom stereocenters. The van der Waals surface area contributed by atoms with Crippen LogP contribution in [0.5, 0.6) is 5.75 Å². The number of hydrogen-bond donors (Lipinski definition) is 1. The maximum absolute atomic E-state index is 12.4. The Morgan fingerprint density at radius 1 is 0.923 bits per heavy atom. The van der Waals surface area contributed by atoms with Gasteiger partial charge < -0.3 is 14.8 Å². The van der Waals surface area contributed by atoms with Crippen molar-refractivity contribution < 1.29 is 19.1 Å². The maximum Gasteiger partial charge on any atom is 0.337 e. The quantitative estimate of drug-likeness (QED) is 0.706. The molecule has 0 heterocycles. The number of carbonyl (C=O) groups is 2. The number of fused-ring (bicyclic) bond motifs is 1. The highest BCUT2D eigenvalue weighted by atomic mass is 16.5. The van der Waals surface area contributed by atoms with Gasteiger partial charge in [-0.3, -0.25) is 4.79 Å². The molecule has 132 valence electrons. The molecule has 1 amide bonds. The molecule has 26 heavy (non-hydrogen) atoms. The molecule has 0 bridgehead atoms. The van der Waals surface area contributed by atoms with E-state index in [-0.39, 0.29) is 5.91 Å². The number of esters is 1. The first-order valence-electron chi connectivity index (χ1n) is 8.21. The minimum atomic E-state index is -0.727. The van der Waals surface area contributed by atoms with Crippen LogP contribution in [0.2, 0.25) is 0 Å². The number of hydrogen-bond acceptors (Lipinski definition) is 4. The highest BCUT2D eigenvalue weighted by Gasteiger charge is 2.16. The Balaban J connectivity index is 1.68. The number of benzene rings is 3. The van der Waals surface area contributed by atoms with Gasteiger partial charge in [-0.05, 0) is 48.0 Å². The normalized spacial score (nSPS) is 11.6. The van der Waals surface area contributed by atoms with Crippen LogP contribution in [0.3, 0.4) is 0 Å². The third kappa shape index (κ3) is 4.00. The second-order valence-electron chi connectivity index (χ2n) is 5.83. The minimum absolute atomic E-state index is 0.274. The lowest BCUT2D eigenvalue weighted by Crippen LogP contribution is -2.30. The van der Waals surface area contributed by atoms with E-state index in [2.05, 4.69) is 10.1 Å². The smallest absolute Gasteiger partial charge is 0.337 e. The van der Waals surface area contributed by atoms with Gasteiger partial charge in [-0.25, -0.2) is 4.79 Å². The largest absolute Gasteiger partial charge is 0.481 e. The minimum Gasteiger partial charge on any atom is -0.481 e. The van der Waals surface area contributed by atoms with Gasteiger partial charge in [0.2, 0.25) is 0 Å². The molecule has 0 spiro atoms. The molecule has 3 aromatic rings. The Bertz CT molecular complexity index is 951. The summed E-state index contributed by atoms with van der Waals surface area (Å²) in [5, 5.41) is 5.00. The van der Waals surface area contributed by atoms with Crippen molar-refractivity contribution in [2.75, 3.05) is 12.4 Å². The van der Waals surface area contributed by atoms with Crippen molar-refractivity contribution in [3.05, 3.63) is 72.3 Å². The van der Waals surface area contributed by atoms with Gasteiger partial charge in [-0.1, -0.05) is 36.4 Å². The number of rotatable bonds is 5. The van der Waals surface area contributed by atoms with Crippen LogP contribution in [-0.2, 0) is 9.53 Å². The van der Waals surface area contributed by atoms with Gasteiger partial charge in [0.25, 0.3) is 5.91 Å². The lowest BCUT2D eigenvalue weighted by atomic mass is 10.1. The molecular formula is C21H19NO4. The fourth-order valence-corrected chi connectivity index (χ4v) is 2.58. The van der Waals surface area contributed by atoms with Crippen molar-refractivity contribution in [2.45, 2.75) is 13.0 Å². The summed E-state index contributed by atoms with van der Waals surface area (Å²) in [4.78, 5) is 24.0. The number of ether oxygens (including phenoxy) is 2. The first-order chi connectivity index (χ1) is 12.6. The van der Waals surface area contributed by atoms with E-state index in [4.69, 9.17) is 4.74 Å². The Hall–Kier alpha value is -3.34. The van der Waals surface area contributed by atoms with Gasteiger partial charge in [-0.2, -0.15) is 0 Å². The molecule has 5 nitrogen and oxygen atoms in total. The molecule has 5 heteroatoms. The molecule has 0 saturated carbocycles. The van der Waals surface area contributed by atoms with Crippen LogP contribution in [0.15, 0.2) is 66.7 Å². The summed E-state index contributed by atoms with van der Waals surface area (Å²) >= 11 is 0. The molecule has 3 aromatic carbocycles. The Kier molecular flexibility index (Phi) is 5.17. The molecule has 0 fully saturated rings. The summed E-state index contributed by atoms with van der Waals surface area (Å²) in [6, 6.07) is 20.2. The lowest BCUT2D eigenvalue weighted by molar-refractivity contribution is -0.122. The van der Waals surface area contributed by atoms with Gasteiger partial charge in [0.15, 0.2) is 6.10 Å². The lowest BCUT2D eigenvalue weighted by Gasteiger charge is -2.15. The molecule has 0 aliphatic heterocycles. The van der Waals surface area contributed by atoms with Crippen LogP contribution in [0.25, 0.3) is 10.8 Å². The van der Waals surface area contributed by atoms with E-state index >= 15 is 0 Å². The van der Waals surface area contributed by atoms with Crippen LogP contribution in [0.4, 0.5) is 5.69 Å². The highest BCUT2D eigenvalue weighted by Crippen LogP contribution is 2.20. The summed E-state index contributed by atoms with van der Waals surface area (Å²) < 4.78 is 10.3. The summed E-state index contributed by atoms with van der Waals surface area (Å²) in [6.45, 7) is 1.65. The molecule has 0 radical (unpaired) electrons. The van der Waals surface area contributed by atoms with E-state index in [0.717, 1.165) is 10.8 Å². The van der Waals surface area contributed by atoms with Crippen molar-refractivity contribution in [3.8, 4) is 5.75 Å². The van der Waals surface area contributed by atoms with Crippen molar-refractivity contribution in [3.63, 3.8) is 0 Å². The summed E-state index contributed by atoms with van der Waals surface area (Å²) in [5.41, 5.74) is 1.07. The summed E-state index contributed by atoms with van der Waals surface area (Å²) in [5.74, 6) is -0.304. The number of anilines is 1. The van der Waals surface area contributed by atoms with Crippen molar-refractivity contribution in [1.82, 2.24) is 0 Å². The van der Waals surface area contributed by atoms with Gasteiger partial charge in [0, 0.05) is 5.69 Å². The third-order valence-corrected chi connectivity index (χ3v) is 3.95. The Morgan fingerprint density at radius 2 is 1.69 bits per heavy atom. The average molecular weight is 349 g/mol. The second kappa shape index (κ2) is 7.70. The average Bonchev–Trinajstić information content (AvgIpc) is 2.67. The zero-order valence-corrected chi connectivity index (χ0v) is 14.6. The zero-order valence-electron chi connectivity index (χ0n) is 14.6. The highest BCUT2D eigenvalue weighted by molar-refractivity contribution is 5.96. The van der Waals surface area contributed by atoms with Crippen molar-refractivity contribution in [2.24, 2.45) is 0 Å². The van der Waals surface area contributed by atoms with Gasteiger partial charge in [0.1, 0.15) is 5.75 Å². The molecule has 3 rings (SSSR count). The zero-order chi connectivity index (χ0) is 18.5. The first kappa shape index (κ1) is 17.5. The molecule has 0 aromatic heterocycles. The summed E-state index contributed by atoms with van der Waals surface area (Å²) in [6.07, 6.45) is -0.727. The molecule has 0 aliphatic carbocycles. The second-order valence-corrected chi connectivity index (χ2v) is 5.83. The SMILES string of the molecule is COC(=O)c1cccc(O[C@@H](C)C(=O)Nc2ccc3ccccc3c2)c1. The van der Waals surface area contributed by atoms with E-state index in [9.17, 15) is 9.59 Å². The van der Waals surface area contributed by atoms with Gasteiger partial charge in [0.05, 0.1) is 12.7 Å². The number of nitrogens with one attached hydrogen (secondary N) is 1. The van der Waals surface area contributed by atoms with E-state index in [1.54, 1.807) is 31.2 Å². The summed E-state index contributed by atoms with van der Waals surface area (Å²) in [7, 11) is 1.31.